The van der Waals surface area contributed by atoms with Gasteiger partial charge in [-0.25, -0.2) is 8.42 Å². The third-order valence-electron chi connectivity index (χ3n) is 1.94. The van der Waals surface area contributed by atoms with E-state index in [2.05, 4.69) is 37.3 Å². The van der Waals surface area contributed by atoms with E-state index < -0.39 is 22.5 Å². The van der Waals surface area contributed by atoms with E-state index in [0.717, 1.165) is 12.1 Å². The van der Waals surface area contributed by atoms with E-state index in [1.165, 1.54) is 6.07 Å². The van der Waals surface area contributed by atoms with Crippen LogP contribution in [0.15, 0.2) is 23.1 Å². The second-order valence-electron chi connectivity index (χ2n) is 3.03. The fraction of sp³-hybridized carbons (Fsp3) is 0.143. The second kappa shape index (κ2) is 5.29. The highest BCUT2D eigenvalue weighted by molar-refractivity contribution is 9.28. The largest absolute Gasteiger partial charge is 0.318 e. The molecule has 0 aromatic heterocycles. The summed E-state index contributed by atoms with van der Waals surface area (Å²) in [6, 6.07) is 3.19. The van der Waals surface area contributed by atoms with Gasteiger partial charge in [0.2, 0.25) is 9.84 Å². The number of nitro groups is 1. The highest BCUT2D eigenvalue weighted by Crippen LogP contribution is 2.42. The molecule has 0 bridgehead atoms. The Balaban J connectivity index is 3.48. The Kier molecular flexibility index (Phi) is 4.60. The van der Waals surface area contributed by atoms with Gasteiger partial charge >= 0.3 is 0 Å². The van der Waals surface area contributed by atoms with Crippen LogP contribution in [0.4, 0.5) is 11.4 Å². The Morgan fingerprint density at radius 2 is 2.00 bits per heavy atom. The number of halogens is 3. The highest BCUT2D eigenvalue weighted by Gasteiger charge is 2.39. The van der Waals surface area contributed by atoms with E-state index >= 15 is 0 Å². The van der Waals surface area contributed by atoms with E-state index in [-0.39, 0.29) is 10.6 Å². The third kappa shape index (κ3) is 2.94. The van der Waals surface area contributed by atoms with Crippen LogP contribution in [0.1, 0.15) is 0 Å². The minimum atomic E-state index is -4.03. The molecule has 3 N–H and O–H groups in total. The Hall–Kier alpha value is -0.420. The van der Waals surface area contributed by atoms with Crippen LogP contribution in [0, 0.1) is 10.1 Å². The van der Waals surface area contributed by atoms with Crippen molar-refractivity contribution in [2.45, 2.75) is 6.92 Å². The molecule has 11 heteroatoms. The lowest BCUT2D eigenvalue weighted by Crippen LogP contribution is -2.19. The molecule has 0 spiro atoms. The zero-order valence-corrected chi connectivity index (χ0v) is 13.2. The molecule has 100 valence electrons. The van der Waals surface area contributed by atoms with E-state index in [4.69, 9.17) is 17.4 Å². The molecule has 1 aromatic carbocycles. The molecule has 0 aliphatic heterocycles. The Bertz CT molecular complexity index is 587. The van der Waals surface area contributed by atoms with E-state index in [1.807, 2.05) is 0 Å². The zero-order chi connectivity index (χ0) is 14.1. The lowest BCUT2D eigenvalue weighted by atomic mass is 10.3. The average molecular weight is 423 g/mol. The van der Waals surface area contributed by atoms with E-state index in [9.17, 15) is 18.5 Å². The number of alkyl halides is 3. The Labute approximate surface area is 124 Å². The lowest BCUT2D eigenvalue weighted by molar-refractivity contribution is -0.384. The molecule has 0 unspecified atom stereocenters. The number of sulfone groups is 1. The summed E-state index contributed by atoms with van der Waals surface area (Å²) in [5.41, 5.74) is 1.62. The number of anilines is 1. The van der Waals surface area contributed by atoms with Gasteiger partial charge in [-0.05, 0) is 44.0 Å². The van der Waals surface area contributed by atoms with Gasteiger partial charge in [0.15, 0.2) is 0 Å². The van der Waals surface area contributed by atoms with Crippen molar-refractivity contribution >= 4 is 64.7 Å². The number of nitro benzene ring substituents is 1. The molecule has 7 nitrogen and oxygen atoms in total. The standard InChI is InChI=1S/C7H6Br2ClN3O4S/c8-7(9,10)18(16,17)4-1-2-5(12-11)6(3-4)13(14)15/h1-3,12H,11H2. The Morgan fingerprint density at radius 3 is 2.39 bits per heavy atom. The molecule has 0 fully saturated rings. The van der Waals surface area contributed by atoms with Gasteiger partial charge in [-0.15, -0.1) is 0 Å². The van der Waals surface area contributed by atoms with Crippen LogP contribution < -0.4 is 11.3 Å². The van der Waals surface area contributed by atoms with Crippen LogP contribution in [0.2, 0.25) is 0 Å². The van der Waals surface area contributed by atoms with E-state index in [1.54, 1.807) is 0 Å². The van der Waals surface area contributed by atoms with Gasteiger partial charge in [-0.1, -0.05) is 11.6 Å². The van der Waals surface area contributed by atoms with Crippen LogP contribution in [0.3, 0.4) is 0 Å². The number of hydrogen-bond donors (Lipinski definition) is 2. The number of hydrazine groups is 1. The first-order valence-corrected chi connectivity index (χ1v) is 7.62. The minimum Gasteiger partial charge on any atom is -0.318 e. The minimum absolute atomic E-state index is 0.0109. The maximum Gasteiger partial charge on any atom is 0.294 e. The first-order valence-electron chi connectivity index (χ1n) is 4.17. The first kappa shape index (κ1) is 15.6. The summed E-state index contributed by atoms with van der Waals surface area (Å²) >= 11 is 11.0. The fourth-order valence-electron chi connectivity index (χ4n) is 1.09. The maximum absolute atomic E-state index is 11.9. The summed E-state index contributed by atoms with van der Waals surface area (Å²) in [7, 11) is -4.03. The van der Waals surface area contributed by atoms with Crippen LogP contribution in [-0.4, -0.2) is 15.4 Å². The molecule has 1 aromatic rings. The predicted molar refractivity (Wildman–Crippen MR) is 74.5 cm³/mol. The number of nitrogens with zero attached hydrogens (tertiary/aromatic N) is 1. The molecule has 0 amide bonds. The monoisotopic (exact) mass is 421 g/mol. The number of benzene rings is 1. The van der Waals surface area contributed by atoms with Crippen molar-refractivity contribution in [3.8, 4) is 0 Å². The summed E-state index contributed by atoms with van der Waals surface area (Å²) < 4.78 is 21.9. The van der Waals surface area contributed by atoms with Crippen molar-refractivity contribution in [1.82, 2.24) is 0 Å². The van der Waals surface area contributed by atoms with Crippen molar-refractivity contribution in [2.24, 2.45) is 5.84 Å². The van der Waals surface area contributed by atoms with Crippen molar-refractivity contribution in [2.75, 3.05) is 5.43 Å². The molecule has 0 radical (unpaired) electrons. The van der Waals surface area contributed by atoms with Gasteiger partial charge in [0.1, 0.15) is 5.69 Å². The summed E-state index contributed by atoms with van der Waals surface area (Å²) in [5.74, 6) is 5.08. The quantitative estimate of drug-likeness (QED) is 0.332. The average Bonchev–Trinajstić information content (AvgIpc) is 2.26. The molecule has 1 rings (SSSR count). The molecule has 0 aliphatic rings. The van der Waals surface area contributed by atoms with Crippen LogP contribution in [0.5, 0.6) is 0 Å². The van der Waals surface area contributed by atoms with Gasteiger partial charge in [-0.2, -0.15) is 0 Å². The molecule has 0 atom stereocenters. The van der Waals surface area contributed by atoms with Crippen LogP contribution in [0.25, 0.3) is 0 Å². The number of rotatable bonds is 4. The Morgan fingerprint density at radius 1 is 1.44 bits per heavy atom. The molecular formula is C7H6Br2ClN3O4S. The highest BCUT2D eigenvalue weighted by atomic mass is 79.9. The normalized spacial score (nSPS) is 12.2. The third-order valence-corrected chi connectivity index (χ3v) is 6.59. The summed E-state index contributed by atoms with van der Waals surface area (Å²) in [5, 5.41) is 10.8. The molecule has 0 heterocycles. The lowest BCUT2D eigenvalue weighted by Gasteiger charge is -2.13. The van der Waals surface area contributed by atoms with Crippen molar-refractivity contribution in [3.05, 3.63) is 28.3 Å². The van der Waals surface area contributed by atoms with Gasteiger partial charge in [0.05, 0.1) is 9.82 Å². The molecule has 0 saturated heterocycles. The summed E-state index contributed by atoms with van der Waals surface area (Å²) in [6.45, 7) is 0. The smallest absolute Gasteiger partial charge is 0.294 e. The fourth-order valence-corrected chi connectivity index (χ4v) is 3.26. The SMILES string of the molecule is NNc1ccc(S(=O)(=O)C(Cl)(Br)Br)cc1[N+](=O)[O-]. The molecule has 0 saturated carbocycles. The second-order valence-corrected chi connectivity index (χ2v) is 11.3. The predicted octanol–water partition coefficient (Wildman–Crippen LogP) is 2.29. The number of hydrogen-bond acceptors (Lipinski definition) is 6. The molecule has 0 aliphatic carbocycles. The topological polar surface area (TPSA) is 115 Å². The van der Waals surface area contributed by atoms with Gasteiger partial charge in [-0.3, -0.25) is 16.0 Å². The summed E-state index contributed by atoms with van der Waals surface area (Å²) in [4.78, 5) is 9.69. The molecular weight excluding hydrogens is 417 g/mol. The molecule has 18 heavy (non-hydrogen) atoms. The zero-order valence-electron chi connectivity index (χ0n) is 8.43. The first-order chi connectivity index (χ1) is 8.11. The van der Waals surface area contributed by atoms with Gasteiger partial charge < -0.3 is 5.43 Å². The van der Waals surface area contributed by atoms with Crippen LogP contribution in [-0.2, 0) is 9.84 Å². The number of nitrogens with one attached hydrogen (secondary N) is 1. The number of nitrogen functional groups attached to an aromatic ring is 1. The summed E-state index contributed by atoms with van der Waals surface area (Å²) in [6.07, 6.45) is 0. The number of nitrogens with two attached hydrogens (primary N) is 1. The van der Waals surface area contributed by atoms with Gasteiger partial charge in [0, 0.05) is 6.07 Å². The van der Waals surface area contributed by atoms with Crippen molar-refractivity contribution < 1.29 is 13.3 Å². The van der Waals surface area contributed by atoms with Crippen molar-refractivity contribution in [1.29, 1.82) is 0 Å². The van der Waals surface area contributed by atoms with Gasteiger partial charge in [0.25, 0.3) is 7.71 Å². The van der Waals surface area contributed by atoms with E-state index in [0.29, 0.717) is 0 Å². The van der Waals surface area contributed by atoms with Crippen molar-refractivity contribution in [3.63, 3.8) is 0 Å². The van der Waals surface area contributed by atoms with Crippen LogP contribution >= 0.6 is 43.5 Å². The maximum atomic E-state index is 11.9.